The topological polar surface area (TPSA) is 62.3 Å². The van der Waals surface area contributed by atoms with Crippen molar-refractivity contribution in [3.63, 3.8) is 0 Å². The van der Waals surface area contributed by atoms with E-state index in [0.29, 0.717) is 6.61 Å². The highest BCUT2D eigenvalue weighted by atomic mass is 16.5. The van der Waals surface area contributed by atoms with Gasteiger partial charge < -0.3 is 15.2 Å². The summed E-state index contributed by atoms with van der Waals surface area (Å²) >= 11 is 0. The fourth-order valence-corrected chi connectivity index (χ4v) is 2.36. The van der Waals surface area contributed by atoms with Crippen molar-refractivity contribution in [2.75, 3.05) is 13.7 Å². The van der Waals surface area contributed by atoms with Crippen molar-refractivity contribution in [3.8, 4) is 11.5 Å². The molecule has 0 bridgehead atoms. The summed E-state index contributed by atoms with van der Waals surface area (Å²) in [7, 11) is 1.64. The van der Waals surface area contributed by atoms with E-state index in [-0.39, 0.29) is 6.04 Å². The number of rotatable bonds is 7. The van der Waals surface area contributed by atoms with Crippen LogP contribution in [0.1, 0.15) is 37.6 Å². The molecule has 0 saturated heterocycles. The molecule has 2 rings (SSSR count). The predicted molar refractivity (Wildman–Crippen MR) is 82.7 cm³/mol. The van der Waals surface area contributed by atoms with Crippen molar-refractivity contribution < 1.29 is 9.47 Å². The zero-order chi connectivity index (χ0) is 15.2. The number of aromatic nitrogens is 2. The van der Waals surface area contributed by atoms with Gasteiger partial charge in [0.2, 0.25) is 0 Å². The van der Waals surface area contributed by atoms with Crippen LogP contribution < -0.4 is 15.2 Å². The number of methoxy groups -OCH3 is 1. The molecule has 0 aliphatic rings. The summed E-state index contributed by atoms with van der Waals surface area (Å²) in [5.74, 6) is 1.55. The molecule has 0 aliphatic carbocycles. The fraction of sp³-hybridized carbons (Fsp3) is 0.438. The summed E-state index contributed by atoms with van der Waals surface area (Å²) in [6, 6.07) is 7.55. The van der Waals surface area contributed by atoms with Crippen LogP contribution in [0, 0.1) is 0 Å². The second-order valence-electron chi connectivity index (χ2n) is 4.80. The van der Waals surface area contributed by atoms with E-state index in [2.05, 4.69) is 12.0 Å². The minimum atomic E-state index is -0.297. The second kappa shape index (κ2) is 7.13. The molecule has 1 aromatic carbocycles. The van der Waals surface area contributed by atoms with Gasteiger partial charge in [0, 0.05) is 6.54 Å². The van der Waals surface area contributed by atoms with Gasteiger partial charge >= 0.3 is 0 Å². The smallest absolute Gasteiger partial charge is 0.161 e. The van der Waals surface area contributed by atoms with E-state index < -0.39 is 0 Å². The van der Waals surface area contributed by atoms with E-state index in [0.717, 1.165) is 35.7 Å². The van der Waals surface area contributed by atoms with Crippen molar-refractivity contribution in [2.45, 2.75) is 32.9 Å². The zero-order valence-corrected chi connectivity index (χ0v) is 12.9. The third-order valence-corrected chi connectivity index (χ3v) is 3.32. The number of nitrogens with zero attached hydrogens (tertiary/aromatic N) is 2. The summed E-state index contributed by atoms with van der Waals surface area (Å²) in [4.78, 5) is 0. The van der Waals surface area contributed by atoms with Crippen LogP contribution in [0.3, 0.4) is 0 Å². The van der Waals surface area contributed by atoms with Crippen molar-refractivity contribution in [3.05, 3.63) is 41.7 Å². The van der Waals surface area contributed by atoms with Crippen LogP contribution in [0.2, 0.25) is 0 Å². The standard InChI is InChI=1S/C16H23N3O2/c1-4-9-19-16(14(20-3)11-18-19)15(17)12-7-6-8-13(10-12)21-5-2/h6-8,10-11,15H,4-5,9,17H2,1-3H3. The van der Waals surface area contributed by atoms with Crippen molar-refractivity contribution in [1.29, 1.82) is 0 Å². The number of ether oxygens (including phenoxy) is 2. The van der Waals surface area contributed by atoms with Crippen LogP contribution in [0.15, 0.2) is 30.5 Å². The molecular formula is C16H23N3O2. The Kier molecular flexibility index (Phi) is 5.22. The van der Waals surface area contributed by atoms with Gasteiger partial charge in [-0.25, -0.2) is 0 Å². The van der Waals surface area contributed by atoms with E-state index in [1.807, 2.05) is 35.9 Å². The molecule has 1 unspecified atom stereocenters. The average molecular weight is 289 g/mol. The lowest BCUT2D eigenvalue weighted by molar-refractivity contribution is 0.339. The average Bonchev–Trinajstić information content (AvgIpc) is 2.90. The third-order valence-electron chi connectivity index (χ3n) is 3.32. The van der Waals surface area contributed by atoms with Crippen molar-refractivity contribution in [1.82, 2.24) is 9.78 Å². The highest BCUT2D eigenvalue weighted by molar-refractivity contribution is 5.39. The Bertz CT molecular complexity index is 581. The molecule has 2 aromatic rings. The summed E-state index contributed by atoms with van der Waals surface area (Å²) in [5, 5.41) is 4.36. The molecule has 0 amide bonds. The summed E-state index contributed by atoms with van der Waals surface area (Å²) in [6.07, 6.45) is 2.71. The first-order valence-corrected chi connectivity index (χ1v) is 7.29. The predicted octanol–water partition coefficient (Wildman–Crippen LogP) is 2.75. The first kappa shape index (κ1) is 15.4. The van der Waals surface area contributed by atoms with Gasteiger partial charge in [0.25, 0.3) is 0 Å². The summed E-state index contributed by atoms with van der Waals surface area (Å²) in [6.45, 7) is 5.53. The number of hydrogen-bond donors (Lipinski definition) is 1. The lowest BCUT2D eigenvalue weighted by atomic mass is 10.0. The Balaban J connectivity index is 2.36. The first-order valence-electron chi connectivity index (χ1n) is 7.29. The van der Waals surface area contributed by atoms with Crippen LogP contribution in [0.5, 0.6) is 11.5 Å². The Morgan fingerprint density at radius 3 is 2.81 bits per heavy atom. The molecule has 0 saturated carbocycles. The Labute approximate surface area is 125 Å². The maximum atomic E-state index is 6.44. The Morgan fingerprint density at radius 2 is 2.14 bits per heavy atom. The molecular weight excluding hydrogens is 266 g/mol. The van der Waals surface area contributed by atoms with Crippen LogP contribution in [0.25, 0.3) is 0 Å². The van der Waals surface area contributed by atoms with Gasteiger partial charge in [-0.1, -0.05) is 19.1 Å². The molecule has 114 valence electrons. The zero-order valence-electron chi connectivity index (χ0n) is 12.9. The molecule has 1 heterocycles. The van der Waals surface area contributed by atoms with Gasteiger partial charge in [-0.3, -0.25) is 4.68 Å². The van der Waals surface area contributed by atoms with E-state index in [1.54, 1.807) is 13.3 Å². The van der Waals surface area contributed by atoms with Crippen molar-refractivity contribution in [2.24, 2.45) is 5.73 Å². The van der Waals surface area contributed by atoms with Crippen LogP contribution >= 0.6 is 0 Å². The Morgan fingerprint density at radius 1 is 1.33 bits per heavy atom. The molecule has 5 nitrogen and oxygen atoms in total. The van der Waals surface area contributed by atoms with Crippen LogP contribution in [-0.2, 0) is 6.54 Å². The normalized spacial score (nSPS) is 12.2. The number of hydrogen-bond acceptors (Lipinski definition) is 4. The molecule has 2 N–H and O–H groups in total. The van der Waals surface area contributed by atoms with E-state index in [1.165, 1.54) is 0 Å². The van der Waals surface area contributed by atoms with Gasteiger partial charge in [0.05, 0.1) is 26.0 Å². The largest absolute Gasteiger partial charge is 0.494 e. The monoisotopic (exact) mass is 289 g/mol. The molecule has 1 atom stereocenters. The molecule has 0 aliphatic heterocycles. The molecule has 0 radical (unpaired) electrons. The molecule has 0 fully saturated rings. The number of benzene rings is 1. The van der Waals surface area contributed by atoms with Gasteiger partial charge in [-0.15, -0.1) is 0 Å². The van der Waals surface area contributed by atoms with Gasteiger partial charge in [-0.2, -0.15) is 5.10 Å². The molecule has 1 aromatic heterocycles. The minimum absolute atomic E-state index is 0.297. The highest BCUT2D eigenvalue weighted by Gasteiger charge is 2.20. The third kappa shape index (κ3) is 3.36. The number of aryl methyl sites for hydroxylation is 1. The lowest BCUT2D eigenvalue weighted by Gasteiger charge is -2.17. The first-order chi connectivity index (χ1) is 10.2. The maximum absolute atomic E-state index is 6.44. The van der Waals surface area contributed by atoms with Gasteiger partial charge in [0.15, 0.2) is 5.75 Å². The van der Waals surface area contributed by atoms with Crippen molar-refractivity contribution >= 4 is 0 Å². The Hall–Kier alpha value is -2.01. The molecule has 0 spiro atoms. The SMILES string of the molecule is CCCn1ncc(OC)c1C(N)c1cccc(OCC)c1. The second-order valence-corrected chi connectivity index (χ2v) is 4.80. The molecule has 5 heteroatoms. The lowest BCUT2D eigenvalue weighted by Crippen LogP contribution is -2.18. The van der Waals surface area contributed by atoms with Gasteiger partial charge in [-0.05, 0) is 31.0 Å². The fourth-order valence-electron chi connectivity index (χ4n) is 2.36. The van der Waals surface area contributed by atoms with E-state index >= 15 is 0 Å². The quantitative estimate of drug-likeness (QED) is 0.851. The highest BCUT2D eigenvalue weighted by Crippen LogP contribution is 2.30. The van der Waals surface area contributed by atoms with Crippen LogP contribution in [-0.4, -0.2) is 23.5 Å². The maximum Gasteiger partial charge on any atom is 0.161 e. The molecule has 21 heavy (non-hydrogen) atoms. The van der Waals surface area contributed by atoms with Crippen LogP contribution in [0.4, 0.5) is 0 Å². The van der Waals surface area contributed by atoms with E-state index in [9.17, 15) is 0 Å². The van der Waals surface area contributed by atoms with E-state index in [4.69, 9.17) is 15.2 Å². The summed E-state index contributed by atoms with van der Waals surface area (Å²) in [5.41, 5.74) is 8.32. The number of nitrogens with two attached hydrogens (primary N) is 1. The minimum Gasteiger partial charge on any atom is -0.494 e. The summed E-state index contributed by atoms with van der Waals surface area (Å²) < 4.78 is 12.9. The van der Waals surface area contributed by atoms with Gasteiger partial charge in [0.1, 0.15) is 11.4 Å².